The maximum atomic E-state index is 0. The zero-order valence-electron chi connectivity index (χ0n) is 2.01. The van der Waals surface area contributed by atoms with Crippen molar-refractivity contribution in [1.29, 1.82) is 0 Å². The summed E-state index contributed by atoms with van der Waals surface area (Å²) in [6.07, 6.45) is 0. The molecule has 0 aliphatic carbocycles. The third-order valence-electron chi connectivity index (χ3n) is 0. The molecule has 0 atom stereocenters. The fraction of sp³-hybridized carbons (Fsp3) is 0. The molecule has 0 fully saturated rings. The van der Waals surface area contributed by atoms with Crippen LogP contribution < -0.4 is 0 Å². The first-order chi connectivity index (χ1) is 0. The minimum absolute atomic E-state index is 0. The van der Waals surface area contributed by atoms with Gasteiger partial charge in [0.2, 0.25) is 0 Å². The average molecular weight is 389 g/mol. The van der Waals surface area contributed by atoms with Gasteiger partial charge in [-0.2, -0.15) is 13.5 Å². The topological polar surface area (TPSA) is 0 Å². The first-order valence-corrected chi connectivity index (χ1v) is 0. The Balaban J connectivity index is 0. The van der Waals surface area contributed by atoms with Crippen LogP contribution in [-0.2, 0) is 17.1 Å². The van der Waals surface area contributed by atoms with Crippen molar-refractivity contribution in [3.8, 4) is 0 Å². The van der Waals surface area contributed by atoms with E-state index < -0.39 is 0 Å². The molecular formula is H8CuSSeSnSr. The third-order valence-corrected chi connectivity index (χ3v) is 0. The Bertz CT molecular complexity index is 11.6. The van der Waals surface area contributed by atoms with E-state index in [0.29, 0.717) is 0 Å². The Morgan fingerprint density at radius 2 is 1.00 bits per heavy atom. The molecular weight excluding hydrogens is 381 g/mol. The SMILES string of the molecule is S.[Cu].[SeH2].[SnH2].[SrH2]. The normalized spacial score (nSPS) is 0. The van der Waals surface area contributed by atoms with Crippen LogP contribution in [0.2, 0.25) is 0 Å². The summed E-state index contributed by atoms with van der Waals surface area (Å²) in [4.78, 5) is 0. The van der Waals surface area contributed by atoms with Crippen molar-refractivity contribution in [1.82, 2.24) is 0 Å². The van der Waals surface area contributed by atoms with Gasteiger partial charge in [-0.3, -0.25) is 0 Å². The summed E-state index contributed by atoms with van der Waals surface area (Å²) < 4.78 is 0. The molecule has 0 aromatic rings. The van der Waals surface area contributed by atoms with Gasteiger partial charge in [0.05, 0.1) is 0 Å². The molecule has 0 nitrogen and oxygen atoms in total. The Labute approximate surface area is 114 Å². The van der Waals surface area contributed by atoms with Gasteiger partial charge in [-0.25, -0.2) is 0 Å². The second-order valence-corrected chi connectivity index (χ2v) is 0. The molecule has 0 heterocycles. The van der Waals surface area contributed by atoms with Crippen molar-refractivity contribution in [3.63, 3.8) is 0 Å². The van der Waals surface area contributed by atoms with Crippen molar-refractivity contribution in [3.05, 3.63) is 0 Å². The molecule has 0 aromatic carbocycles. The van der Waals surface area contributed by atoms with Crippen molar-refractivity contribution in [2.24, 2.45) is 0 Å². The van der Waals surface area contributed by atoms with Gasteiger partial charge < -0.3 is 0 Å². The molecule has 0 rings (SSSR count). The summed E-state index contributed by atoms with van der Waals surface area (Å²) in [6, 6.07) is 0. The zero-order chi connectivity index (χ0) is 0. The van der Waals surface area contributed by atoms with Crippen LogP contribution in [0.5, 0.6) is 0 Å². The van der Waals surface area contributed by atoms with Gasteiger partial charge in [-0.15, -0.1) is 0 Å². The van der Waals surface area contributed by atoms with Crippen LogP contribution in [0.15, 0.2) is 0 Å². The van der Waals surface area contributed by atoms with Gasteiger partial charge in [-0.1, -0.05) is 0 Å². The Hall–Kier alpha value is 3.67. The number of hydrogen-bond acceptors (Lipinski definition) is 0. The molecule has 0 N–H and O–H groups in total. The van der Waals surface area contributed by atoms with Crippen LogP contribution in [0.25, 0.3) is 0 Å². The van der Waals surface area contributed by atoms with Gasteiger partial charge in [0, 0.05) is 17.1 Å². The van der Waals surface area contributed by atoms with E-state index in [9.17, 15) is 0 Å². The molecule has 0 aliphatic heterocycles. The van der Waals surface area contributed by atoms with Crippen LogP contribution in [0.3, 0.4) is 0 Å². The van der Waals surface area contributed by atoms with E-state index >= 15 is 0 Å². The average Bonchev–Trinajstić information content (AvgIpc) is 0. The van der Waals surface area contributed by atoms with Crippen LogP contribution >= 0.6 is 13.5 Å². The fourth-order valence-corrected chi connectivity index (χ4v) is 0. The van der Waals surface area contributed by atoms with E-state index in [4.69, 9.17) is 0 Å². The molecule has 0 unspecified atom stereocenters. The molecule has 0 amide bonds. The number of rotatable bonds is 0. The van der Waals surface area contributed by atoms with E-state index in [1.165, 1.54) is 0 Å². The van der Waals surface area contributed by atoms with Crippen molar-refractivity contribution in [2.75, 3.05) is 0 Å². The quantitative estimate of drug-likeness (QED) is 0.398. The Morgan fingerprint density at radius 1 is 1.00 bits per heavy atom. The van der Waals surface area contributed by atoms with Crippen LogP contribution in [0.1, 0.15) is 0 Å². The predicted molar refractivity (Wildman–Crippen MR) is 36.0 cm³/mol. The van der Waals surface area contributed by atoms with Gasteiger partial charge in [0.1, 0.15) is 0 Å². The summed E-state index contributed by atoms with van der Waals surface area (Å²) in [7, 11) is 0. The molecule has 0 spiro atoms. The summed E-state index contributed by atoms with van der Waals surface area (Å²) in [5, 5.41) is 0. The van der Waals surface area contributed by atoms with E-state index in [1.54, 1.807) is 0 Å². The standard InChI is InChI=1S/Cu.H2S.H2Se.Sn.Sr.4H/h;2*1H2;;;;;;. The van der Waals surface area contributed by atoms with E-state index in [1.807, 2.05) is 0 Å². The monoisotopic (exact) mass is 391 g/mol. The molecule has 0 saturated heterocycles. The molecule has 0 saturated carbocycles. The summed E-state index contributed by atoms with van der Waals surface area (Å²) in [5.41, 5.74) is 0. The zero-order valence-corrected chi connectivity index (χ0v) is 10.1. The van der Waals surface area contributed by atoms with Crippen LogP contribution in [0, 0.1) is 0 Å². The maximum absolute atomic E-state index is 0. The van der Waals surface area contributed by atoms with E-state index in [2.05, 4.69) is 0 Å². The van der Waals surface area contributed by atoms with E-state index in [0.717, 1.165) is 0 Å². The molecule has 0 aromatic heterocycles. The predicted octanol–water partition coefficient (Wildman–Crippen LogP) is -2.64. The van der Waals surface area contributed by atoms with Gasteiger partial charge in [-0.05, 0) is 0 Å². The summed E-state index contributed by atoms with van der Waals surface area (Å²) in [6.45, 7) is 0. The van der Waals surface area contributed by atoms with Gasteiger partial charge in [0.25, 0.3) is 0 Å². The van der Waals surface area contributed by atoms with E-state index in [-0.39, 0.29) is 117 Å². The Morgan fingerprint density at radius 3 is 1.00 bits per heavy atom. The van der Waals surface area contributed by atoms with Gasteiger partial charge in [0.15, 0.2) is 0 Å². The van der Waals surface area contributed by atoms with Crippen molar-refractivity contribution < 1.29 is 17.1 Å². The van der Waals surface area contributed by atoms with Crippen LogP contribution in [0.4, 0.5) is 0 Å². The fourth-order valence-electron chi connectivity index (χ4n) is 0. The molecule has 3 radical (unpaired) electrons. The molecule has 5 heavy (non-hydrogen) atoms. The molecule has 37 valence electrons. The summed E-state index contributed by atoms with van der Waals surface area (Å²) in [5.74, 6) is 0. The molecule has 0 aliphatic rings. The van der Waals surface area contributed by atoms with Crippen molar-refractivity contribution in [2.45, 2.75) is 0 Å². The van der Waals surface area contributed by atoms with Crippen molar-refractivity contribution >= 4 is 100.0 Å². The Kier molecular flexibility index (Phi) is 192. The molecule has 0 bridgehead atoms. The summed E-state index contributed by atoms with van der Waals surface area (Å²) >= 11 is 0. The second-order valence-electron chi connectivity index (χ2n) is 0. The number of hydrogen-bond donors (Lipinski definition) is 0. The van der Waals surface area contributed by atoms with Crippen LogP contribution in [-0.4, -0.2) is 86.5 Å². The first kappa shape index (κ1) is 37.9. The minimum atomic E-state index is 0. The van der Waals surface area contributed by atoms with Gasteiger partial charge >= 0.3 is 86.5 Å². The first-order valence-electron chi connectivity index (χ1n) is 0. The molecule has 5 heteroatoms. The second kappa shape index (κ2) is 25.3. The third kappa shape index (κ3) is 18.3.